The number of hydrogen-bond donors (Lipinski definition) is 2. The van der Waals surface area contributed by atoms with Crippen molar-refractivity contribution in [1.82, 2.24) is 14.1 Å². The monoisotopic (exact) mass is 362 g/mol. The number of nitrogens with zero attached hydrogens (tertiary/aromatic N) is 2. The number of fused-ring (bicyclic) bond motifs is 1. The van der Waals surface area contributed by atoms with Crippen LogP contribution in [0.4, 0.5) is 5.69 Å². The molecule has 24 heavy (non-hydrogen) atoms. The van der Waals surface area contributed by atoms with Gasteiger partial charge in [0.15, 0.2) is 0 Å². The fourth-order valence-electron chi connectivity index (χ4n) is 2.23. The predicted octanol–water partition coefficient (Wildman–Crippen LogP) is 1.78. The molecule has 3 aromatic rings. The van der Waals surface area contributed by atoms with Crippen molar-refractivity contribution in [3.05, 3.63) is 48.0 Å². The zero-order valence-corrected chi connectivity index (χ0v) is 14.3. The number of carbonyl (C=O) groups is 1. The molecule has 7 nitrogen and oxygen atoms in total. The van der Waals surface area contributed by atoms with Crippen LogP contribution in [0.25, 0.3) is 11.0 Å². The summed E-state index contributed by atoms with van der Waals surface area (Å²) < 4.78 is 36.1. The number of hydrogen-bond acceptors (Lipinski definition) is 6. The van der Waals surface area contributed by atoms with Crippen LogP contribution in [-0.4, -0.2) is 30.1 Å². The quantitative estimate of drug-likeness (QED) is 0.720. The summed E-state index contributed by atoms with van der Waals surface area (Å²) in [7, 11) is -2.32. The predicted molar refractivity (Wildman–Crippen MR) is 92.4 cm³/mol. The Morgan fingerprint density at radius 3 is 2.71 bits per heavy atom. The molecule has 0 spiro atoms. The Kier molecular flexibility index (Phi) is 4.45. The maximum atomic E-state index is 12.7. The molecule has 9 heteroatoms. The van der Waals surface area contributed by atoms with E-state index in [9.17, 15) is 13.2 Å². The number of aromatic nitrogens is 2. The molecule has 0 atom stereocenters. The molecule has 1 aromatic heterocycles. The molecule has 2 N–H and O–H groups in total. The van der Waals surface area contributed by atoms with Crippen LogP contribution in [-0.2, 0) is 21.2 Å². The Morgan fingerprint density at radius 1 is 1.12 bits per heavy atom. The Labute approximate surface area is 143 Å². The van der Waals surface area contributed by atoms with E-state index in [0.29, 0.717) is 22.3 Å². The smallest absolute Gasteiger partial charge is 0.264 e. The largest absolute Gasteiger partial charge is 0.359 e. The van der Waals surface area contributed by atoms with E-state index in [1.165, 1.54) is 13.1 Å². The van der Waals surface area contributed by atoms with E-state index in [4.69, 9.17) is 0 Å². The lowest BCUT2D eigenvalue weighted by molar-refractivity contribution is -0.119. The van der Waals surface area contributed by atoms with Gasteiger partial charge in [-0.3, -0.25) is 9.52 Å². The van der Waals surface area contributed by atoms with E-state index in [-0.39, 0.29) is 17.2 Å². The highest BCUT2D eigenvalue weighted by molar-refractivity contribution is 7.93. The normalized spacial score (nSPS) is 11.4. The Bertz CT molecular complexity index is 999. The summed E-state index contributed by atoms with van der Waals surface area (Å²) in [6.07, 6.45) is 0.0810. The number of carbonyl (C=O) groups excluding carboxylic acids is 1. The van der Waals surface area contributed by atoms with Gasteiger partial charge in [-0.1, -0.05) is 24.3 Å². The second-order valence-electron chi connectivity index (χ2n) is 5.00. The Hall–Kier alpha value is -2.52. The molecule has 1 heterocycles. The van der Waals surface area contributed by atoms with Crippen LogP contribution in [0.2, 0.25) is 0 Å². The van der Waals surface area contributed by atoms with Crippen LogP contribution in [0, 0.1) is 0 Å². The first-order valence-corrected chi connectivity index (χ1v) is 9.25. The molecule has 1 amide bonds. The number of para-hydroxylation sites is 1. The standard InChI is InChI=1S/C15H14N4O3S2/c1-16-14(20)9-10-5-2-3-6-11(10)19-24(21,22)13-8-4-7-12-15(13)18-23-17-12/h2-8,19H,9H2,1H3,(H,16,20). The molecule has 0 radical (unpaired) electrons. The molecule has 0 aliphatic carbocycles. The minimum Gasteiger partial charge on any atom is -0.359 e. The first-order valence-electron chi connectivity index (χ1n) is 7.04. The highest BCUT2D eigenvalue weighted by Gasteiger charge is 2.21. The third kappa shape index (κ3) is 3.22. The summed E-state index contributed by atoms with van der Waals surface area (Å²) in [6.45, 7) is 0. The van der Waals surface area contributed by atoms with Crippen molar-refractivity contribution in [3.63, 3.8) is 0 Å². The van der Waals surface area contributed by atoms with Crippen molar-refractivity contribution in [1.29, 1.82) is 0 Å². The van der Waals surface area contributed by atoms with Gasteiger partial charge < -0.3 is 5.32 Å². The Morgan fingerprint density at radius 2 is 1.92 bits per heavy atom. The van der Waals surface area contributed by atoms with Gasteiger partial charge in [0.25, 0.3) is 10.0 Å². The van der Waals surface area contributed by atoms with Crippen LogP contribution >= 0.6 is 11.7 Å². The fourth-order valence-corrected chi connectivity index (χ4v) is 4.10. The molecule has 124 valence electrons. The van der Waals surface area contributed by atoms with E-state index in [0.717, 1.165) is 11.7 Å². The molecule has 0 aliphatic rings. The van der Waals surface area contributed by atoms with Gasteiger partial charge in [0.05, 0.1) is 23.8 Å². The number of anilines is 1. The van der Waals surface area contributed by atoms with Crippen molar-refractivity contribution in [2.45, 2.75) is 11.3 Å². The van der Waals surface area contributed by atoms with E-state index >= 15 is 0 Å². The number of benzene rings is 2. The lowest BCUT2D eigenvalue weighted by Gasteiger charge is -2.12. The van der Waals surface area contributed by atoms with Crippen LogP contribution in [0.3, 0.4) is 0 Å². The number of sulfonamides is 1. The third-order valence-electron chi connectivity index (χ3n) is 3.43. The van der Waals surface area contributed by atoms with Crippen molar-refractivity contribution in [3.8, 4) is 0 Å². The lowest BCUT2D eigenvalue weighted by Crippen LogP contribution is -2.21. The van der Waals surface area contributed by atoms with Crippen LogP contribution in [0.5, 0.6) is 0 Å². The molecular weight excluding hydrogens is 348 g/mol. The molecule has 0 unspecified atom stereocenters. The van der Waals surface area contributed by atoms with Gasteiger partial charge in [0.1, 0.15) is 15.9 Å². The summed E-state index contributed by atoms with van der Waals surface area (Å²) in [5.74, 6) is -0.201. The maximum absolute atomic E-state index is 12.7. The van der Waals surface area contributed by atoms with Gasteiger partial charge in [-0.25, -0.2) is 8.42 Å². The lowest BCUT2D eigenvalue weighted by atomic mass is 10.1. The third-order valence-corrected chi connectivity index (χ3v) is 5.37. The first kappa shape index (κ1) is 16.3. The molecule has 0 aliphatic heterocycles. The molecule has 0 fully saturated rings. The van der Waals surface area contributed by atoms with E-state index in [2.05, 4.69) is 18.8 Å². The highest BCUT2D eigenvalue weighted by Crippen LogP contribution is 2.25. The van der Waals surface area contributed by atoms with E-state index in [1.807, 2.05) is 0 Å². The van der Waals surface area contributed by atoms with Crippen molar-refractivity contribution >= 4 is 44.4 Å². The molecule has 0 bridgehead atoms. The zero-order valence-electron chi connectivity index (χ0n) is 12.7. The molecule has 0 saturated carbocycles. The van der Waals surface area contributed by atoms with Gasteiger partial charge in [-0.05, 0) is 23.8 Å². The number of rotatable bonds is 5. The van der Waals surface area contributed by atoms with Gasteiger partial charge in [0, 0.05) is 7.05 Å². The fraction of sp³-hybridized carbons (Fsp3) is 0.133. The number of nitrogens with one attached hydrogen (secondary N) is 2. The second kappa shape index (κ2) is 6.54. The van der Waals surface area contributed by atoms with Crippen LogP contribution in [0.15, 0.2) is 47.4 Å². The minimum absolute atomic E-state index is 0.0588. The average Bonchev–Trinajstić information content (AvgIpc) is 3.04. The second-order valence-corrected chi connectivity index (χ2v) is 7.18. The zero-order chi connectivity index (χ0) is 17.2. The van der Waals surface area contributed by atoms with Crippen molar-refractivity contribution in [2.75, 3.05) is 11.8 Å². The summed E-state index contributed by atoms with van der Waals surface area (Å²) in [5.41, 5.74) is 1.81. The van der Waals surface area contributed by atoms with Gasteiger partial charge in [-0.15, -0.1) is 0 Å². The maximum Gasteiger partial charge on any atom is 0.264 e. The van der Waals surface area contributed by atoms with Gasteiger partial charge in [0.2, 0.25) is 5.91 Å². The van der Waals surface area contributed by atoms with Crippen molar-refractivity contribution in [2.24, 2.45) is 0 Å². The van der Waals surface area contributed by atoms with Gasteiger partial charge >= 0.3 is 0 Å². The highest BCUT2D eigenvalue weighted by atomic mass is 32.2. The molecular formula is C15H14N4O3S2. The molecule has 3 rings (SSSR count). The number of likely N-dealkylation sites (N-methyl/N-ethyl adjacent to an activating group) is 1. The van der Waals surface area contributed by atoms with Gasteiger partial charge in [-0.2, -0.15) is 8.75 Å². The summed E-state index contributed by atoms with van der Waals surface area (Å²) >= 11 is 0.959. The molecule has 2 aromatic carbocycles. The SMILES string of the molecule is CNC(=O)Cc1ccccc1NS(=O)(=O)c1cccc2nsnc12. The van der Waals surface area contributed by atoms with Crippen LogP contribution in [0.1, 0.15) is 5.56 Å². The van der Waals surface area contributed by atoms with Crippen molar-refractivity contribution < 1.29 is 13.2 Å². The summed E-state index contributed by atoms with van der Waals surface area (Å²) in [6, 6.07) is 11.6. The van der Waals surface area contributed by atoms with E-state index in [1.54, 1.807) is 36.4 Å². The molecule has 0 saturated heterocycles. The van der Waals surface area contributed by atoms with Crippen LogP contribution < -0.4 is 10.0 Å². The number of amides is 1. The summed E-state index contributed by atoms with van der Waals surface area (Å²) in [5, 5.41) is 2.52. The minimum atomic E-state index is -3.85. The average molecular weight is 362 g/mol. The summed E-state index contributed by atoms with van der Waals surface area (Å²) in [4.78, 5) is 11.7. The topological polar surface area (TPSA) is 101 Å². The van der Waals surface area contributed by atoms with E-state index < -0.39 is 10.0 Å². The first-order chi connectivity index (χ1) is 11.5. The Balaban J connectivity index is 1.99.